The van der Waals surface area contributed by atoms with Crippen LogP contribution in [0.15, 0.2) is 71.6 Å². The summed E-state index contributed by atoms with van der Waals surface area (Å²) >= 11 is 6.23. The van der Waals surface area contributed by atoms with Gasteiger partial charge in [0.1, 0.15) is 0 Å². The van der Waals surface area contributed by atoms with Gasteiger partial charge in [-0.2, -0.15) is 0 Å². The van der Waals surface area contributed by atoms with Crippen molar-refractivity contribution in [2.45, 2.75) is 18.7 Å². The van der Waals surface area contributed by atoms with Crippen LogP contribution in [0.3, 0.4) is 0 Å². The Balaban J connectivity index is 1.78. The van der Waals surface area contributed by atoms with E-state index >= 15 is 0 Å². The number of nitrogens with one attached hydrogen (secondary N) is 2. The molecule has 1 amide bonds. The van der Waals surface area contributed by atoms with E-state index in [0.29, 0.717) is 5.69 Å². The summed E-state index contributed by atoms with van der Waals surface area (Å²) in [5.41, 5.74) is 3.39. The molecule has 3 rings (SSSR count). The maximum Gasteiger partial charge on any atom is 0.261 e. The lowest BCUT2D eigenvalue weighted by Crippen LogP contribution is -2.15. The van der Waals surface area contributed by atoms with Crippen molar-refractivity contribution >= 4 is 38.9 Å². The third-order valence-electron chi connectivity index (χ3n) is 4.28. The van der Waals surface area contributed by atoms with Gasteiger partial charge in [0.05, 0.1) is 21.2 Å². The summed E-state index contributed by atoms with van der Waals surface area (Å²) in [4.78, 5) is 12.7. The summed E-state index contributed by atoms with van der Waals surface area (Å²) in [5, 5.41) is 2.95. The topological polar surface area (TPSA) is 75.3 Å². The monoisotopic (exact) mass is 414 g/mol. The maximum atomic E-state index is 12.5. The Labute approximate surface area is 169 Å². The van der Waals surface area contributed by atoms with E-state index in [0.717, 1.165) is 11.1 Å². The van der Waals surface area contributed by atoms with Crippen molar-refractivity contribution < 1.29 is 13.2 Å². The number of benzene rings is 3. The molecule has 0 aliphatic carbocycles. The molecule has 3 aromatic rings. The van der Waals surface area contributed by atoms with Crippen molar-refractivity contribution in [3.8, 4) is 0 Å². The van der Waals surface area contributed by atoms with Crippen LogP contribution in [-0.4, -0.2) is 14.3 Å². The number of hydrogen-bond donors (Lipinski definition) is 2. The first-order valence-corrected chi connectivity index (χ1v) is 10.4. The molecule has 0 aliphatic rings. The fourth-order valence-electron chi connectivity index (χ4n) is 2.59. The summed E-state index contributed by atoms with van der Waals surface area (Å²) in [6.07, 6.45) is 0. The molecule has 0 radical (unpaired) electrons. The van der Waals surface area contributed by atoms with E-state index in [9.17, 15) is 13.2 Å². The number of hydrogen-bond acceptors (Lipinski definition) is 3. The molecule has 28 heavy (non-hydrogen) atoms. The molecule has 3 aromatic carbocycles. The third kappa shape index (κ3) is 4.52. The van der Waals surface area contributed by atoms with E-state index in [-0.39, 0.29) is 27.1 Å². The number of carbonyl (C=O) groups excluding carboxylic acids is 1. The van der Waals surface area contributed by atoms with Gasteiger partial charge in [0.15, 0.2) is 0 Å². The number of rotatable bonds is 5. The standard InChI is InChI=1S/C21H19ClN2O3S/c1-14-8-9-16(12-15(14)2)23-21(25)19-11-10-17(13-20(19)22)24-28(26,27)18-6-4-3-5-7-18/h3-13,24H,1-2H3,(H,23,25). The molecule has 0 bridgehead atoms. The lowest BCUT2D eigenvalue weighted by Gasteiger charge is -2.11. The van der Waals surface area contributed by atoms with E-state index in [4.69, 9.17) is 11.6 Å². The van der Waals surface area contributed by atoms with Crippen molar-refractivity contribution in [3.63, 3.8) is 0 Å². The van der Waals surface area contributed by atoms with Crippen LogP contribution in [-0.2, 0) is 10.0 Å². The van der Waals surface area contributed by atoms with E-state index in [1.807, 2.05) is 32.0 Å². The lowest BCUT2D eigenvalue weighted by atomic mass is 10.1. The third-order valence-corrected chi connectivity index (χ3v) is 5.99. The predicted octanol–water partition coefficient (Wildman–Crippen LogP) is 5.01. The normalized spacial score (nSPS) is 11.1. The molecule has 0 heterocycles. The molecule has 7 heteroatoms. The van der Waals surface area contributed by atoms with Gasteiger partial charge in [-0.05, 0) is 67.4 Å². The highest BCUT2D eigenvalue weighted by molar-refractivity contribution is 7.92. The summed E-state index contributed by atoms with van der Waals surface area (Å²) in [7, 11) is -3.73. The highest BCUT2D eigenvalue weighted by Crippen LogP contribution is 2.24. The van der Waals surface area contributed by atoms with Crippen LogP contribution in [0.2, 0.25) is 5.02 Å². The zero-order chi connectivity index (χ0) is 20.3. The van der Waals surface area contributed by atoms with Crippen molar-refractivity contribution in [1.29, 1.82) is 0 Å². The Morgan fingerprint density at radius 1 is 0.857 bits per heavy atom. The first-order chi connectivity index (χ1) is 13.3. The van der Waals surface area contributed by atoms with Crippen molar-refractivity contribution in [1.82, 2.24) is 0 Å². The summed E-state index contributed by atoms with van der Waals surface area (Å²) in [6, 6.07) is 18.0. The van der Waals surface area contributed by atoms with Gasteiger partial charge in [-0.1, -0.05) is 35.9 Å². The van der Waals surface area contributed by atoms with Crippen LogP contribution in [0.25, 0.3) is 0 Å². The van der Waals surface area contributed by atoms with E-state index in [1.165, 1.54) is 30.3 Å². The average Bonchev–Trinajstić information content (AvgIpc) is 2.65. The van der Waals surface area contributed by atoms with Crippen LogP contribution in [0, 0.1) is 13.8 Å². The minimum Gasteiger partial charge on any atom is -0.322 e. The SMILES string of the molecule is Cc1ccc(NC(=O)c2ccc(NS(=O)(=O)c3ccccc3)cc2Cl)cc1C. The minimum atomic E-state index is -3.73. The van der Waals surface area contributed by atoms with E-state index < -0.39 is 10.0 Å². The lowest BCUT2D eigenvalue weighted by molar-refractivity contribution is 0.102. The van der Waals surface area contributed by atoms with Crippen LogP contribution in [0.4, 0.5) is 11.4 Å². The van der Waals surface area contributed by atoms with Crippen molar-refractivity contribution in [3.05, 3.63) is 88.4 Å². The smallest absolute Gasteiger partial charge is 0.261 e. The number of carbonyl (C=O) groups is 1. The van der Waals surface area contributed by atoms with Gasteiger partial charge < -0.3 is 5.32 Å². The number of amides is 1. The Kier molecular flexibility index (Phi) is 5.72. The molecule has 0 aliphatic heterocycles. The van der Waals surface area contributed by atoms with E-state index in [2.05, 4.69) is 10.0 Å². The Morgan fingerprint density at radius 3 is 2.18 bits per heavy atom. The molecule has 0 aromatic heterocycles. The predicted molar refractivity (Wildman–Crippen MR) is 113 cm³/mol. The Morgan fingerprint density at radius 2 is 1.54 bits per heavy atom. The number of anilines is 2. The molecule has 0 saturated carbocycles. The quantitative estimate of drug-likeness (QED) is 0.616. The highest BCUT2D eigenvalue weighted by atomic mass is 35.5. The van der Waals surface area contributed by atoms with Gasteiger partial charge in [-0.25, -0.2) is 8.42 Å². The molecule has 0 atom stereocenters. The van der Waals surface area contributed by atoms with Gasteiger partial charge in [0, 0.05) is 5.69 Å². The van der Waals surface area contributed by atoms with Crippen molar-refractivity contribution in [2.24, 2.45) is 0 Å². The number of aryl methyl sites for hydroxylation is 2. The molecular weight excluding hydrogens is 396 g/mol. The molecule has 0 spiro atoms. The molecule has 5 nitrogen and oxygen atoms in total. The van der Waals surface area contributed by atoms with Crippen LogP contribution in [0.5, 0.6) is 0 Å². The molecule has 0 fully saturated rings. The number of sulfonamides is 1. The second-order valence-electron chi connectivity index (χ2n) is 6.37. The maximum absolute atomic E-state index is 12.5. The van der Waals surface area contributed by atoms with Gasteiger partial charge in [0.25, 0.3) is 15.9 Å². The Hall–Kier alpha value is -2.83. The molecular formula is C21H19ClN2O3S. The largest absolute Gasteiger partial charge is 0.322 e. The van der Waals surface area contributed by atoms with E-state index in [1.54, 1.807) is 18.2 Å². The minimum absolute atomic E-state index is 0.141. The first kappa shape index (κ1) is 19.9. The number of halogens is 1. The van der Waals surface area contributed by atoms with Gasteiger partial charge >= 0.3 is 0 Å². The summed E-state index contributed by atoms with van der Waals surface area (Å²) in [6.45, 7) is 3.96. The van der Waals surface area contributed by atoms with Crippen LogP contribution >= 0.6 is 11.6 Å². The van der Waals surface area contributed by atoms with Gasteiger partial charge in [0.2, 0.25) is 0 Å². The average molecular weight is 415 g/mol. The molecule has 2 N–H and O–H groups in total. The van der Waals surface area contributed by atoms with Gasteiger partial charge in [-0.15, -0.1) is 0 Å². The fourth-order valence-corrected chi connectivity index (χ4v) is 3.93. The highest BCUT2D eigenvalue weighted by Gasteiger charge is 2.16. The van der Waals surface area contributed by atoms with Gasteiger partial charge in [-0.3, -0.25) is 9.52 Å². The zero-order valence-electron chi connectivity index (χ0n) is 15.4. The Bertz CT molecular complexity index is 1130. The zero-order valence-corrected chi connectivity index (χ0v) is 16.9. The second-order valence-corrected chi connectivity index (χ2v) is 8.46. The first-order valence-electron chi connectivity index (χ1n) is 8.52. The fraction of sp³-hybridized carbons (Fsp3) is 0.0952. The second kappa shape index (κ2) is 8.04. The summed E-state index contributed by atoms with van der Waals surface area (Å²) in [5.74, 6) is -0.370. The van der Waals surface area contributed by atoms with Crippen molar-refractivity contribution in [2.75, 3.05) is 10.0 Å². The van der Waals surface area contributed by atoms with Crippen LogP contribution in [0.1, 0.15) is 21.5 Å². The molecule has 0 unspecified atom stereocenters. The molecule has 144 valence electrons. The van der Waals surface area contributed by atoms with Crippen LogP contribution < -0.4 is 10.0 Å². The summed E-state index contributed by atoms with van der Waals surface area (Å²) < 4.78 is 27.3. The molecule has 0 saturated heterocycles.